The Kier molecular flexibility index (Phi) is 6.63. The van der Waals surface area contributed by atoms with E-state index in [0.717, 1.165) is 4.90 Å². The molecule has 2 aromatic rings. The number of hydrogen-bond acceptors (Lipinski definition) is 6. The Labute approximate surface area is 201 Å². The van der Waals surface area contributed by atoms with Gasteiger partial charge >= 0.3 is 6.03 Å². The number of benzene rings is 2. The summed E-state index contributed by atoms with van der Waals surface area (Å²) in [6, 6.07) is 12.0. The second-order valence-electron chi connectivity index (χ2n) is 8.02. The average Bonchev–Trinajstić information content (AvgIpc) is 3.05. The molecule has 2 aliphatic heterocycles. The molecule has 34 heavy (non-hydrogen) atoms. The van der Waals surface area contributed by atoms with Crippen molar-refractivity contribution < 1.29 is 27.5 Å². The van der Waals surface area contributed by atoms with E-state index in [4.69, 9.17) is 16.3 Å². The van der Waals surface area contributed by atoms with Crippen molar-refractivity contribution in [2.75, 3.05) is 38.2 Å². The Morgan fingerprint density at radius 2 is 1.82 bits per heavy atom. The molecule has 2 heterocycles. The zero-order valence-corrected chi connectivity index (χ0v) is 19.9. The molecular formula is C22H23ClN4O6S. The normalized spacial score (nSPS) is 21.4. The van der Waals surface area contributed by atoms with Gasteiger partial charge in [-0.1, -0.05) is 41.9 Å². The van der Waals surface area contributed by atoms with Crippen molar-refractivity contribution in [1.29, 1.82) is 0 Å². The maximum atomic E-state index is 13.0. The summed E-state index contributed by atoms with van der Waals surface area (Å²) in [5, 5.41) is 5.25. The zero-order valence-electron chi connectivity index (χ0n) is 18.3. The fraction of sp³-hybridized carbons (Fsp3) is 0.318. The monoisotopic (exact) mass is 506 g/mol. The van der Waals surface area contributed by atoms with Crippen LogP contribution in [0.4, 0.5) is 10.5 Å². The van der Waals surface area contributed by atoms with E-state index in [-0.39, 0.29) is 28.7 Å². The van der Waals surface area contributed by atoms with E-state index in [9.17, 15) is 22.8 Å². The van der Waals surface area contributed by atoms with Crippen molar-refractivity contribution in [2.24, 2.45) is 0 Å². The van der Waals surface area contributed by atoms with E-state index in [1.165, 1.54) is 22.5 Å². The van der Waals surface area contributed by atoms with E-state index >= 15 is 0 Å². The van der Waals surface area contributed by atoms with Gasteiger partial charge in [0.15, 0.2) is 0 Å². The molecular weight excluding hydrogens is 484 g/mol. The number of carbonyl (C=O) groups excluding carboxylic acids is 3. The van der Waals surface area contributed by atoms with Crippen LogP contribution >= 0.6 is 11.6 Å². The largest absolute Gasteiger partial charge is 0.379 e. The summed E-state index contributed by atoms with van der Waals surface area (Å²) in [7, 11) is -3.81. The predicted molar refractivity (Wildman–Crippen MR) is 124 cm³/mol. The third kappa shape index (κ3) is 4.51. The summed E-state index contributed by atoms with van der Waals surface area (Å²) < 4.78 is 32.3. The average molecular weight is 507 g/mol. The fourth-order valence-corrected chi connectivity index (χ4v) is 5.44. The number of hydrogen-bond donors (Lipinski definition) is 2. The van der Waals surface area contributed by atoms with Crippen LogP contribution in [-0.2, 0) is 29.9 Å². The summed E-state index contributed by atoms with van der Waals surface area (Å²) in [6.45, 7) is 2.04. The first-order chi connectivity index (χ1) is 16.1. The van der Waals surface area contributed by atoms with Gasteiger partial charge in [0.1, 0.15) is 12.1 Å². The number of rotatable bonds is 6. The van der Waals surface area contributed by atoms with Crippen molar-refractivity contribution in [1.82, 2.24) is 14.5 Å². The first-order valence-electron chi connectivity index (χ1n) is 10.5. The number of urea groups is 1. The molecule has 2 fully saturated rings. The molecule has 10 nitrogen and oxygen atoms in total. The van der Waals surface area contributed by atoms with Crippen LogP contribution < -0.4 is 10.6 Å². The lowest BCUT2D eigenvalue weighted by molar-refractivity contribution is -0.133. The van der Waals surface area contributed by atoms with Gasteiger partial charge < -0.3 is 15.4 Å². The van der Waals surface area contributed by atoms with Gasteiger partial charge in [-0.05, 0) is 30.7 Å². The standard InChI is InChI=1S/C22H23ClN4O6S/c1-22(15-5-3-2-4-6-15)20(29)27(21(30)25-22)14-19(28)24-18-13-16(7-8-17(18)23)34(31,32)26-9-11-33-12-10-26/h2-8,13H,9-12,14H2,1H3,(H,24,28)(H,25,30)/t22-/m0/s1. The lowest BCUT2D eigenvalue weighted by Gasteiger charge is -2.26. The molecule has 0 saturated carbocycles. The van der Waals surface area contributed by atoms with Gasteiger partial charge in [0, 0.05) is 13.1 Å². The minimum Gasteiger partial charge on any atom is -0.379 e. The molecule has 180 valence electrons. The third-order valence-electron chi connectivity index (χ3n) is 5.75. The molecule has 2 aliphatic rings. The Hall–Kier alpha value is -2.99. The lowest BCUT2D eigenvalue weighted by Crippen LogP contribution is -2.42. The van der Waals surface area contributed by atoms with Gasteiger partial charge in [0.2, 0.25) is 15.9 Å². The molecule has 4 amide bonds. The molecule has 2 saturated heterocycles. The van der Waals surface area contributed by atoms with Gasteiger partial charge in [0.05, 0.1) is 28.8 Å². The highest BCUT2D eigenvalue weighted by molar-refractivity contribution is 7.89. The quantitative estimate of drug-likeness (QED) is 0.575. The molecule has 0 bridgehead atoms. The number of anilines is 1. The van der Waals surface area contributed by atoms with E-state index < -0.39 is 40.0 Å². The number of halogens is 1. The molecule has 0 radical (unpaired) electrons. The Morgan fingerprint density at radius 1 is 1.15 bits per heavy atom. The van der Waals surface area contributed by atoms with Gasteiger partial charge in [-0.3, -0.25) is 14.5 Å². The highest BCUT2D eigenvalue weighted by Gasteiger charge is 2.49. The number of imide groups is 1. The number of carbonyl (C=O) groups is 3. The number of amides is 4. The van der Waals surface area contributed by atoms with Crippen LogP contribution in [0.2, 0.25) is 5.02 Å². The second-order valence-corrected chi connectivity index (χ2v) is 10.4. The van der Waals surface area contributed by atoms with E-state index in [1.807, 2.05) is 0 Å². The van der Waals surface area contributed by atoms with Crippen LogP contribution in [0.3, 0.4) is 0 Å². The zero-order chi connectivity index (χ0) is 24.5. The van der Waals surface area contributed by atoms with Crippen molar-refractivity contribution in [3.63, 3.8) is 0 Å². The maximum Gasteiger partial charge on any atom is 0.325 e. The Balaban J connectivity index is 1.50. The number of morpholine rings is 1. The summed E-state index contributed by atoms with van der Waals surface area (Å²) in [5.74, 6) is -1.28. The van der Waals surface area contributed by atoms with E-state index in [1.54, 1.807) is 37.3 Å². The molecule has 0 unspecified atom stereocenters. The first kappa shape index (κ1) is 24.1. The number of nitrogens with one attached hydrogen (secondary N) is 2. The molecule has 0 aromatic heterocycles. The van der Waals surface area contributed by atoms with Gasteiger partial charge in [0.25, 0.3) is 5.91 Å². The maximum absolute atomic E-state index is 13.0. The van der Waals surface area contributed by atoms with Crippen LogP contribution in [0.15, 0.2) is 53.4 Å². The van der Waals surface area contributed by atoms with Gasteiger partial charge in [-0.25, -0.2) is 13.2 Å². The second kappa shape index (κ2) is 9.34. The molecule has 1 atom stereocenters. The number of sulfonamides is 1. The molecule has 0 aliphatic carbocycles. The van der Waals surface area contributed by atoms with Crippen LogP contribution in [0.5, 0.6) is 0 Å². The topological polar surface area (TPSA) is 125 Å². The molecule has 0 spiro atoms. The molecule has 4 rings (SSSR count). The molecule has 2 aromatic carbocycles. The lowest BCUT2D eigenvalue weighted by atomic mass is 9.92. The van der Waals surface area contributed by atoms with Gasteiger partial charge in [-0.15, -0.1) is 0 Å². The van der Waals surface area contributed by atoms with Crippen molar-refractivity contribution in [2.45, 2.75) is 17.4 Å². The third-order valence-corrected chi connectivity index (χ3v) is 7.97. The number of nitrogens with zero attached hydrogens (tertiary/aromatic N) is 2. The van der Waals surface area contributed by atoms with Crippen LogP contribution in [0.1, 0.15) is 12.5 Å². The minimum atomic E-state index is -3.81. The Morgan fingerprint density at radius 3 is 2.50 bits per heavy atom. The first-order valence-corrected chi connectivity index (χ1v) is 12.3. The summed E-state index contributed by atoms with van der Waals surface area (Å²) in [5.41, 5.74) is -0.665. The highest BCUT2D eigenvalue weighted by Crippen LogP contribution is 2.30. The van der Waals surface area contributed by atoms with Crippen molar-refractivity contribution >= 4 is 45.2 Å². The summed E-state index contributed by atoms with van der Waals surface area (Å²) >= 11 is 6.17. The number of ether oxygens (including phenoxy) is 1. The van der Waals surface area contributed by atoms with Crippen molar-refractivity contribution in [3.8, 4) is 0 Å². The molecule has 2 N–H and O–H groups in total. The van der Waals surface area contributed by atoms with Crippen LogP contribution in [0, 0.1) is 0 Å². The van der Waals surface area contributed by atoms with Gasteiger partial charge in [-0.2, -0.15) is 4.31 Å². The minimum absolute atomic E-state index is 0.0410. The van der Waals surface area contributed by atoms with E-state index in [0.29, 0.717) is 18.8 Å². The molecule has 12 heteroatoms. The van der Waals surface area contributed by atoms with E-state index in [2.05, 4.69) is 10.6 Å². The van der Waals surface area contributed by atoms with Crippen LogP contribution in [0.25, 0.3) is 0 Å². The van der Waals surface area contributed by atoms with Crippen molar-refractivity contribution in [3.05, 3.63) is 59.1 Å². The smallest absolute Gasteiger partial charge is 0.325 e. The Bertz CT molecular complexity index is 1230. The highest BCUT2D eigenvalue weighted by atomic mass is 35.5. The fourth-order valence-electron chi connectivity index (χ4n) is 3.84. The summed E-state index contributed by atoms with van der Waals surface area (Å²) in [6.07, 6.45) is 0. The SMILES string of the molecule is C[C@@]1(c2ccccc2)NC(=O)N(CC(=O)Nc2cc(S(=O)(=O)N3CCOCC3)ccc2Cl)C1=O. The van der Waals surface area contributed by atoms with Crippen LogP contribution in [-0.4, -0.2) is 68.3 Å². The predicted octanol–water partition coefficient (Wildman–Crippen LogP) is 1.77. The summed E-state index contributed by atoms with van der Waals surface area (Å²) in [4.78, 5) is 38.9.